The second-order valence-corrected chi connectivity index (χ2v) is 8.85. The Morgan fingerprint density at radius 2 is 1.66 bits per heavy atom. The Balaban J connectivity index is 1.64. The smallest absolute Gasteiger partial charge is 0.416 e. The molecule has 6 nitrogen and oxygen atoms in total. The van der Waals surface area contributed by atoms with E-state index >= 15 is 0 Å². The minimum Gasteiger partial charge on any atom is -0.476 e. The minimum absolute atomic E-state index is 0.0359. The molecule has 0 fully saturated rings. The van der Waals surface area contributed by atoms with Crippen LogP contribution in [0.4, 0.5) is 24.5 Å². The van der Waals surface area contributed by atoms with Crippen LogP contribution in [-0.4, -0.2) is 27.0 Å². The SMILES string of the molecule is O=C(Nc1cccc(C(F)(F)F)c1)[C@@H]1CN(S(=O)(=O)c2ccccc2)c2ccccc2O1. The summed E-state index contributed by atoms with van der Waals surface area (Å²) in [6.07, 6.45) is -5.85. The van der Waals surface area contributed by atoms with E-state index in [0.29, 0.717) is 0 Å². The molecule has 3 aromatic carbocycles. The highest BCUT2D eigenvalue weighted by Gasteiger charge is 2.37. The van der Waals surface area contributed by atoms with Gasteiger partial charge in [-0.15, -0.1) is 0 Å². The van der Waals surface area contributed by atoms with Crippen LogP contribution in [0.2, 0.25) is 0 Å². The van der Waals surface area contributed by atoms with Crippen LogP contribution < -0.4 is 14.4 Å². The Morgan fingerprint density at radius 1 is 0.969 bits per heavy atom. The number of para-hydroxylation sites is 2. The molecule has 3 aromatic rings. The topological polar surface area (TPSA) is 75.7 Å². The van der Waals surface area contributed by atoms with E-state index in [2.05, 4.69) is 5.32 Å². The first-order valence-electron chi connectivity index (χ1n) is 9.48. The van der Waals surface area contributed by atoms with Crippen LogP contribution in [-0.2, 0) is 21.0 Å². The zero-order chi connectivity index (χ0) is 22.9. The molecule has 0 aromatic heterocycles. The maximum Gasteiger partial charge on any atom is 0.416 e. The van der Waals surface area contributed by atoms with Crippen molar-refractivity contribution in [2.45, 2.75) is 17.2 Å². The van der Waals surface area contributed by atoms with Crippen molar-refractivity contribution in [2.24, 2.45) is 0 Å². The lowest BCUT2D eigenvalue weighted by molar-refractivity contribution is -0.137. The van der Waals surface area contributed by atoms with E-state index in [0.717, 1.165) is 16.4 Å². The van der Waals surface area contributed by atoms with Crippen LogP contribution in [0.1, 0.15) is 5.56 Å². The van der Waals surface area contributed by atoms with Crippen molar-refractivity contribution in [1.82, 2.24) is 0 Å². The first-order valence-corrected chi connectivity index (χ1v) is 10.9. The third-order valence-electron chi connectivity index (χ3n) is 4.82. The van der Waals surface area contributed by atoms with Crippen LogP contribution in [0, 0.1) is 0 Å². The van der Waals surface area contributed by atoms with Gasteiger partial charge in [0.05, 0.1) is 22.7 Å². The molecule has 0 aliphatic carbocycles. The number of anilines is 2. The van der Waals surface area contributed by atoms with E-state index in [4.69, 9.17) is 4.74 Å². The van der Waals surface area contributed by atoms with Gasteiger partial charge in [0.1, 0.15) is 5.75 Å². The number of fused-ring (bicyclic) bond motifs is 1. The van der Waals surface area contributed by atoms with E-state index in [1.165, 1.54) is 30.3 Å². The average molecular weight is 462 g/mol. The van der Waals surface area contributed by atoms with Gasteiger partial charge in [0.2, 0.25) is 0 Å². The number of carbonyl (C=O) groups excluding carboxylic acids is 1. The Hall–Kier alpha value is -3.53. The minimum atomic E-state index is -4.57. The van der Waals surface area contributed by atoms with E-state index in [1.807, 2.05) is 0 Å². The summed E-state index contributed by atoms with van der Waals surface area (Å²) < 4.78 is 72.1. The molecule has 0 saturated heterocycles. The number of hydrogen-bond donors (Lipinski definition) is 1. The van der Waals surface area contributed by atoms with Crippen LogP contribution in [0.3, 0.4) is 0 Å². The van der Waals surface area contributed by atoms with Crippen molar-refractivity contribution in [2.75, 3.05) is 16.2 Å². The van der Waals surface area contributed by atoms with Gasteiger partial charge in [0.25, 0.3) is 15.9 Å². The third-order valence-corrected chi connectivity index (χ3v) is 6.61. The number of sulfonamides is 1. The summed E-state index contributed by atoms with van der Waals surface area (Å²) in [6, 6.07) is 18.2. The fourth-order valence-corrected chi connectivity index (χ4v) is 4.78. The number of ether oxygens (including phenoxy) is 1. The molecular weight excluding hydrogens is 445 g/mol. The molecule has 0 radical (unpaired) electrons. The second-order valence-electron chi connectivity index (χ2n) is 6.99. The highest BCUT2D eigenvalue weighted by Crippen LogP contribution is 2.37. The summed E-state index contributed by atoms with van der Waals surface area (Å²) in [5, 5.41) is 2.38. The van der Waals surface area contributed by atoms with Gasteiger partial charge in [-0.05, 0) is 42.5 Å². The molecule has 0 saturated carbocycles. The number of rotatable bonds is 4. The van der Waals surface area contributed by atoms with Crippen molar-refractivity contribution < 1.29 is 31.1 Å². The molecule has 0 bridgehead atoms. The molecule has 1 aliphatic rings. The molecule has 0 unspecified atom stereocenters. The fourth-order valence-electron chi connectivity index (χ4n) is 3.28. The number of carbonyl (C=O) groups is 1. The molecule has 1 amide bonds. The predicted molar refractivity (Wildman–Crippen MR) is 112 cm³/mol. The quantitative estimate of drug-likeness (QED) is 0.627. The molecule has 166 valence electrons. The van der Waals surface area contributed by atoms with Gasteiger partial charge in [-0.2, -0.15) is 13.2 Å². The molecular formula is C22H17F3N2O4S. The van der Waals surface area contributed by atoms with Crippen LogP contribution in [0.15, 0.2) is 83.8 Å². The zero-order valence-electron chi connectivity index (χ0n) is 16.4. The molecule has 4 rings (SSSR count). The fraction of sp³-hybridized carbons (Fsp3) is 0.136. The Bertz CT molecular complexity index is 1250. The molecule has 10 heteroatoms. The molecule has 1 aliphatic heterocycles. The average Bonchev–Trinajstić information content (AvgIpc) is 2.78. The summed E-state index contributed by atoms with van der Waals surface area (Å²) in [6.45, 7) is -0.348. The van der Waals surface area contributed by atoms with Crippen molar-refractivity contribution in [3.8, 4) is 5.75 Å². The second kappa shape index (κ2) is 8.19. The summed E-state index contributed by atoms with van der Waals surface area (Å²) in [5.74, 6) is -0.602. The Kier molecular flexibility index (Phi) is 5.55. The number of halogens is 3. The Morgan fingerprint density at radius 3 is 2.38 bits per heavy atom. The van der Waals surface area contributed by atoms with E-state index in [-0.39, 0.29) is 28.6 Å². The van der Waals surface area contributed by atoms with Gasteiger partial charge in [0, 0.05) is 5.69 Å². The van der Waals surface area contributed by atoms with Gasteiger partial charge in [-0.25, -0.2) is 8.42 Å². The highest BCUT2D eigenvalue weighted by atomic mass is 32.2. The van der Waals surface area contributed by atoms with Crippen molar-refractivity contribution >= 4 is 27.3 Å². The maximum atomic E-state index is 13.2. The molecule has 1 heterocycles. The van der Waals surface area contributed by atoms with Crippen LogP contribution >= 0.6 is 0 Å². The lowest BCUT2D eigenvalue weighted by atomic mass is 10.1. The number of amides is 1. The summed E-state index contributed by atoms with van der Waals surface area (Å²) >= 11 is 0. The molecule has 0 spiro atoms. The lowest BCUT2D eigenvalue weighted by Gasteiger charge is -2.34. The summed E-state index contributed by atoms with van der Waals surface area (Å²) in [5.41, 5.74) is -0.734. The van der Waals surface area contributed by atoms with Crippen LogP contribution in [0.25, 0.3) is 0 Å². The maximum absolute atomic E-state index is 13.2. The van der Waals surface area contributed by atoms with Gasteiger partial charge >= 0.3 is 6.18 Å². The van der Waals surface area contributed by atoms with Crippen molar-refractivity contribution in [3.05, 3.63) is 84.4 Å². The van der Waals surface area contributed by atoms with Gasteiger partial charge in [-0.1, -0.05) is 36.4 Å². The van der Waals surface area contributed by atoms with Crippen molar-refractivity contribution in [3.63, 3.8) is 0 Å². The summed E-state index contributed by atoms with van der Waals surface area (Å²) in [4.78, 5) is 12.8. The number of benzene rings is 3. The largest absolute Gasteiger partial charge is 0.476 e. The van der Waals surface area contributed by atoms with Crippen LogP contribution in [0.5, 0.6) is 5.75 Å². The zero-order valence-corrected chi connectivity index (χ0v) is 17.2. The van der Waals surface area contributed by atoms with Gasteiger partial charge < -0.3 is 10.1 Å². The third kappa shape index (κ3) is 4.26. The monoisotopic (exact) mass is 462 g/mol. The predicted octanol–water partition coefficient (Wildman–Crippen LogP) is 4.30. The lowest BCUT2D eigenvalue weighted by Crippen LogP contribution is -2.48. The Labute approximate surface area is 182 Å². The van der Waals surface area contributed by atoms with Crippen molar-refractivity contribution in [1.29, 1.82) is 0 Å². The molecule has 32 heavy (non-hydrogen) atoms. The number of hydrogen-bond acceptors (Lipinski definition) is 4. The van der Waals surface area contributed by atoms with Gasteiger partial charge in [0.15, 0.2) is 6.10 Å². The summed E-state index contributed by atoms with van der Waals surface area (Å²) in [7, 11) is -4.02. The first-order chi connectivity index (χ1) is 15.2. The van der Waals surface area contributed by atoms with E-state index in [1.54, 1.807) is 36.4 Å². The standard InChI is InChI=1S/C22H17F3N2O4S/c23-22(24,25)15-7-6-8-16(13-15)26-21(28)20-14-27(18-11-4-5-12-19(18)31-20)32(29,30)17-9-2-1-3-10-17/h1-13,20H,14H2,(H,26,28)/t20-/m0/s1. The normalized spacial score (nSPS) is 16.1. The highest BCUT2D eigenvalue weighted by molar-refractivity contribution is 7.92. The first kappa shape index (κ1) is 21.7. The number of alkyl halides is 3. The molecule has 1 N–H and O–H groups in total. The number of nitrogens with zero attached hydrogens (tertiary/aromatic N) is 1. The van der Waals surface area contributed by atoms with Gasteiger partial charge in [-0.3, -0.25) is 9.10 Å². The molecule has 1 atom stereocenters. The van der Waals surface area contributed by atoms with E-state index < -0.39 is 33.8 Å². The number of nitrogens with one attached hydrogen (secondary N) is 1. The van der Waals surface area contributed by atoms with E-state index in [9.17, 15) is 26.4 Å².